The van der Waals surface area contributed by atoms with Crippen LogP contribution < -0.4 is 4.72 Å². The highest BCUT2D eigenvalue weighted by Crippen LogP contribution is 2.25. The van der Waals surface area contributed by atoms with E-state index < -0.39 is 10.0 Å². The molecule has 0 spiro atoms. The number of nitrogens with zero attached hydrogens (tertiary/aromatic N) is 1. The number of hydrogen-bond donors (Lipinski definition) is 1. The van der Waals surface area contributed by atoms with E-state index in [0.29, 0.717) is 16.4 Å². The number of hydrogen-bond acceptors (Lipinski definition) is 4. The minimum Gasteiger partial charge on any atom is -0.337 e. The Balaban J connectivity index is 1.82. The van der Waals surface area contributed by atoms with Gasteiger partial charge in [0.25, 0.3) is 5.91 Å². The normalized spacial score (nSPS) is 14.5. The number of nitrogens with one attached hydrogen (secondary N) is 1. The Morgan fingerprint density at radius 3 is 2.64 bits per heavy atom. The Hall–Kier alpha value is -1.41. The lowest BCUT2D eigenvalue weighted by Gasteiger charge is -2.18. The topological polar surface area (TPSA) is 66.5 Å². The molecule has 3 rings (SSSR count). The van der Waals surface area contributed by atoms with Crippen molar-refractivity contribution in [3.8, 4) is 0 Å². The van der Waals surface area contributed by atoms with Gasteiger partial charge in [0.2, 0.25) is 10.0 Å². The van der Waals surface area contributed by atoms with E-state index in [1.165, 1.54) is 23.5 Å². The third-order valence-electron chi connectivity index (χ3n) is 4.02. The Kier molecular flexibility index (Phi) is 5.20. The molecule has 0 unspecified atom stereocenters. The summed E-state index contributed by atoms with van der Waals surface area (Å²) in [5.41, 5.74) is 1.13. The maximum Gasteiger partial charge on any atom is 0.254 e. The molecule has 1 aromatic carbocycles. The van der Waals surface area contributed by atoms with E-state index >= 15 is 0 Å². The molecule has 0 saturated heterocycles. The van der Waals surface area contributed by atoms with Crippen molar-refractivity contribution in [1.29, 1.82) is 0 Å². The van der Waals surface area contributed by atoms with Crippen LogP contribution in [0, 0.1) is 6.92 Å². The standard InChI is InChI=1S/C17H19ClN2O3S2/c1-11-3-7-14(25(22,23)19-12-4-5-12)9-15(11)17(21)20(2)10-13-6-8-16(18)24-13/h3,6-9,12,19H,4-5,10H2,1-2H3. The maximum absolute atomic E-state index is 12.8. The molecular formula is C17H19ClN2O3S2. The van der Waals surface area contributed by atoms with E-state index in [1.807, 2.05) is 6.07 Å². The van der Waals surface area contributed by atoms with Crippen LogP contribution in [-0.2, 0) is 16.6 Å². The van der Waals surface area contributed by atoms with Gasteiger partial charge in [0.15, 0.2) is 0 Å². The number of carbonyl (C=O) groups excluding carboxylic acids is 1. The summed E-state index contributed by atoms with van der Waals surface area (Å²) in [7, 11) is -1.89. The van der Waals surface area contributed by atoms with Crippen molar-refractivity contribution in [1.82, 2.24) is 9.62 Å². The maximum atomic E-state index is 12.8. The molecule has 1 fully saturated rings. The van der Waals surface area contributed by atoms with E-state index in [2.05, 4.69) is 4.72 Å². The summed E-state index contributed by atoms with van der Waals surface area (Å²) >= 11 is 7.34. The molecule has 0 radical (unpaired) electrons. The Morgan fingerprint density at radius 1 is 1.32 bits per heavy atom. The first kappa shape index (κ1) is 18.4. The van der Waals surface area contributed by atoms with Crippen molar-refractivity contribution < 1.29 is 13.2 Å². The summed E-state index contributed by atoms with van der Waals surface area (Å²) < 4.78 is 28.1. The van der Waals surface area contributed by atoms with Gasteiger partial charge >= 0.3 is 0 Å². The van der Waals surface area contributed by atoms with Crippen molar-refractivity contribution in [3.05, 3.63) is 50.7 Å². The average Bonchev–Trinajstić information content (AvgIpc) is 3.26. The third kappa shape index (κ3) is 4.41. The lowest BCUT2D eigenvalue weighted by molar-refractivity contribution is 0.0785. The van der Waals surface area contributed by atoms with Crippen LogP contribution in [0.3, 0.4) is 0 Å². The second-order valence-corrected chi connectivity index (χ2v) is 9.75. The van der Waals surface area contributed by atoms with Gasteiger partial charge in [0, 0.05) is 23.5 Å². The number of amides is 1. The number of halogens is 1. The van der Waals surface area contributed by atoms with E-state index in [4.69, 9.17) is 11.6 Å². The van der Waals surface area contributed by atoms with Gasteiger partial charge in [-0.25, -0.2) is 13.1 Å². The highest BCUT2D eigenvalue weighted by molar-refractivity contribution is 7.89. The zero-order valence-corrected chi connectivity index (χ0v) is 16.3. The fraction of sp³-hybridized carbons (Fsp3) is 0.353. The molecular weight excluding hydrogens is 380 g/mol. The van der Waals surface area contributed by atoms with E-state index in [-0.39, 0.29) is 16.8 Å². The second-order valence-electron chi connectivity index (χ2n) is 6.24. The second kappa shape index (κ2) is 7.07. The fourth-order valence-corrected chi connectivity index (χ4v) is 4.91. The zero-order chi connectivity index (χ0) is 18.2. The van der Waals surface area contributed by atoms with Crippen LogP contribution in [0.4, 0.5) is 0 Å². The van der Waals surface area contributed by atoms with Gasteiger partial charge in [0.1, 0.15) is 0 Å². The van der Waals surface area contributed by atoms with Gasteiger partial charge in [-0.15, -0.1) is 11.3 Å². The molecule has 2 aromatic rings. The molecule has 0 aliphatic heterocycles. The van der Waals surface area contributed by atoms with Gasteiger partial charge in [-0.1, -0.05) is 17.7 Å². The molecule has 5 nitrogen and oxygen atoms in total. The van der Waals surface area contributed by atoms with Gasteiger partial charge in [-0.3, -0.25) is 4.79 Å². The van der Waals surface area contributed by atoms with Crippen LogP contribution in [0.2, 0.25) is 4.34 Å². The lowest BCUT2D eigenvalue weighted by atomic mass is 10.1. The van der Waals surface area contributed by atoms with Gasteiger partial charge in [-0.2, -0.15) is 0 Å². The summed E-state index contributed by atoms with van der Waals surface area (Å²) in [6, 6.07) is 8.36. The van der Waals surface area contributed by atoms with E-state index in [1.54, 1.807) is 31.0 Å². The first-order valence-corrected chi connectivity index (χ1v) is 10.6. The van der Waals surface area contributed by atoms with Crippen molar-refractivity contribution >= 4 is 38.9 Å². The number of thiophene rings is 1. The molecule has 1 aromatic heterocycles. The predicted molar refractivity (Wildman–Crippen MR) is 99.6 cm³/mol. The third-order valence-corrected chi connectivity index (χ3v) is 6.75. The SMILES string of the molecule is Cc1ccc(S(=O)(=O)NC2CC2)cc1C(=O)N(C)Cc1ccc(Cl)s1. The van der Waals surface area contributed by atoms with Gasteiger partial charge in [-0.05, 0) is 49.6 Å². The Morgan fingerprint density at radius 2 is 2.04 bits per heavy atom. The highest BCUT2D eigenvalue weighted by Gasteiger charge is 2.28. The van der Waals surface area contributed by atoms with Crippen molar-refractivity contribution in [2.45, 2.75) is 37.2 Å². The van der Waals surface area contributed by atoms with Crippen LogP contribution in [0.25, 0.3) is 0 Å². The largest absolute Gasteiger partial charge is 0.337 e. The number of carbonyl (C=O) groups is 1. The Bertz CT molecular complexity index is 904. The molecule has 8 heteroatoms. The van der Waals surface area contributed by atoms with Crippen molar-refractivity contribution in [2.75, 3.05) is 7.05 Å². The number of rotatable bonds is 6. The minimum absolute atomic E-state index is 0.0247. The highest BCUT2D eigenvalue weighted by atomic mass is 35.5. The minimum atomic E-state index is -3.59. The molecule has 1 aliphatic rings. The summed E-state index contributed by atoms with van der Waals surface area (Å²) in [4.78, 5) is 15.4. The molecule has 0 atom stereocenters. The molecule has 25 heavy (non-hydrogen) atoms. The van der Waals surface area contributed by atoms with Crippen LogP contribution in [-0.4, -0.2) is 32.3 Å². The zero-order valence-electron chi connectivity index (χ0n) is 14.0. The molecule has 1 aliphatic carbocycles. The molecule has 1 heterocycles. The number of benzene rings is 1. The summed E-state index contributed by atoms with van der Waals surface area (Å²) in [6.07, 6.45) is 1.73. The molecule has 0 bridgehead atoms. The lowest BCUT2D eigenvalue weighted by Crippen LogP contribution is -2.28. The first-order chi connectivity index (χ1) is 11.8. The van der Waals surface area contributed by atoms with Crippen LogP contribution >= 0.6 is 22.9 Å². The van der Waals surface area contributed by atoms with Crippen molar-refractivity contribution in [3.63, 3.8) is 0 Å². The Labute approximate surface area is 156 Å². The van der Waals surface area contributed by atoms with Crippen LogP contribution in [0.5, 0.6) is 0 Å². The molecule has 1 N–H and O–H groups in total. The summed E-state index contributed by atoms with van der Waals surface area (Å²) in [6.45, 7) is 2.22. The van der Waals surface area contributed by atoms with Gasteiger partial charge in [0.05, 0.1) is 15.8 Å². The smallest absolute Gasteiger partial charge is 0.254 e. The van der Waals surface area contributed by atoms with Crippen LogP contribution in [0.15, 0.2) is 35.2 Å². The predicted octanol–water partition coefficient (Wildman–Crippen LogP) is 3.42. The van der Waals surface area contributed by atoms with E-state index in [0.717, 1.165) is 23.3 Å². The number of aryl methyl sites for hydroxylation is 1. The monoisotopic (exact) mass is 398 g/mol. The summed E-state index contributed by atoms with van der Waals surface area (Å²) in [5.74, 6) is -0.217. The molecule has 1 amide bonds. The first-order valence-electron chi connectivity index (χ1n) is 7.89. The van der Waals surface area contributed by atoms with E-state index in [9.17, 15) is 13.2 Å². The molecule has 134 valence electrons. The van der Waals surface area contributed by atoms with Crippen molar-refractivity contribution in [2.24, 2.45) is 0 Å². The summed E-state index contributed by atoms with van der Waals surface area (Å²) in [5, 5.41) is 0. The number of sulfonamides is 1. The molecule has 1 saturated carbocycles. The average molecular weight is 399 g/mol. The quantitative estimate of drug-likeness (QED) is 0.810. The van der Waals surface area contributed by atoms with Crippen LogP contribution in [0.1, 0.15) is 33.6 Å². The van der Waals surface area contributed by atoms with Gasteiger partial charge < -0.3 is 4.90 Å². The fourth-order valence-electron chi connectivity index (χ4n) is 2.44.